The normalized spacial score (nSPS) is 15.1. The maximum Gasteiger partial charge on any atom is 0.335 e. The molecule has 0 bridgehead atoms. The second kappa shape index (κ2) is 14.8. The number of ether oxygens (including phenoxy) is 1. The number of amides is 1. The minimum atomic E-state index is -4.20. The van der Waals surface area contributed by atoms with Gasteiger partial charge in [0.15, 0.2) is 5.78 Å². The third-order valence-corrected chi connectivity index (χ3v) is 11.1. The summed E-state index contributed by atoms with van der Waals surface area (Å²) in [5.41, 5.74) is 0.147. The fraction of sp³-hybridized carbons (Fsp3) is 0.289. The Bertz CT molecular complexity index is 2550. The van der Waals surface area contributed by atoms with Gasteiger partial charge in [0.1, 0.15) is 18.0 Å². The van der Waals surface area contributed by atoms with E-state index in [0.29, 0.717) is 42.5 Å². The number of halogens is 1. The highest BCUT2D eigenvalue weighted by molar-refractivity contribution is 7.92. The predicted molar refractivity (Wildman–Crippen MR) is 195 cm³/mol. The highest BCUT2D eigenvalue weighted by Gasteiger charge is 2.29. The Morgan fingerprint density at radius 1 is 0.981 bits per heavy atom. The smallest absolute Gasteiger partial charge is 0.335 e. The van der Waals surface area contributed by atoms with Gasteiger partial charge in [0.05, 0.1) is 45.1 Å². The van der Waals surface area contributed by atoms with E-state index in [4.69, 9.17) is 4.74 Å². The van der Waals surface area contributed by atoms with Gasteiger partial charge in [-0.25, -0.2) is 27.0 Å². The van der Waals surface area contributed by atoms with Gasteiger partial charge >= 0.3 is 11.7 Å². The standard InChI is InChI=1S/C38H35FN6O8S/c1-44-33-21-40-16-15-29(33)36(48)45(38(44)50)25-11-9-23(41-20-25)18-32(37(49)53-26-5-3-2-4-6-26)42-35(47)28-13-10-24(17-31(28)39)43-54(51,52)27-12-7-22-8-14-34(46)30(22)19-27/h7,9-13,15-17,19-21,26,32,43H,2-6,8,14,18H2,1H3,(H,42,47)/t32-/m0/s1. The van der Waals surface area contributed by atoms with Crippen LogP contribution in [0.3, 0.4) is 0 Å². The number of fused-ring (bicyclic) bond motifs is 2. The molecule has 278 valence electrons. The first-order chi connectivity index (χ1) is 25.9. The molecule has 2 aliphatic rings. The van der Waals surface area contributed by atoms with Gasteiger partial charge in [-0.15, -0.1) is 0 Å². The number of anilines is 1. The number of aryl methyl sites for hydroxylation is 2. The van der Waals surface area contributed by atoms with Crippen LogP contribution in [0.15, 0.2) is 87.7 Å². The molecule has 1 fully saturated rings. The average Bonchev–Trinajstić information content (AvgIpc) is 3.54. The molecule has 7 rings (SSSR count). The van der Waals surface area contributed by atoms with E-state index >= 15 is 4.39 Å². The van der Waals surface area contributed by atoms with Crippen LogP contribution in [-0.2, 0) is 39.4 Å². The van der Waals surface area contributed by atoms with Crippen LogP contribution in [0.1, 0.15) is 70.5 Å². The molecule has 3 aromatic heterocycles. The van der Waals surface area contributed by atoms with Crippen molar-refractivity contribution in [1.82, 2.24) is 24.4 Å². The SMILES string of the molecule is Cn1c(=O)n(-c2ccc(C[C@H](NC(=O)c3ccc(NS(=O)(=O)c4ccc5c(c4)C(=O)CC5)cc3F)C(=O)OC3CCCCC3)nc2)c(=O)c2ccncc21. The van der Waals surface area contributed by atoms with Gasteiger partial charge in [0, 0.05) is 37.3 Å². The van der Waals surface area contributed by atoms with Crippen molar-refractivity contribution in [3.8, 4) is 5.69 Å². The molecule has 16 heteroatoms. The van der Waals surface area contributed by atoms with Gasteiger partial charge in [-0.05, 0) is 86.2 Å². The molecule has 5 aromatic rings. The molecule has 2 aromatic carbocycles. The lowest BCUT2D eigenvalue weighted by Crippen LogP contribution is -2.45. The number of nitrogens with one attached hydrogen (secondary N) is 2. The van der Waals surface area contributed by atoms with E-state index in [1.807, 2.05) is 0 Å². The number of Topliss-reactive ketones (excluding diaryl/α,β-unsaturated/α-hetero) is 1. The highest BCUT2D eigenvalue weighted by atomic mass is 32.2. The number of benzene rings is 2. The molecule has 0 unspecified atom stereocenters. The third-order valence-electron chi connectivity index (χ3n) is 9.76. The van der Waals surface area contributed by atoms with Gasteiger partial charge in [0.2, 0.25) is 0 Å². The third kappa shape index (κ3) is 7.28. The van der Waals surface area contributed by atoms with Crippen LogP contribution in [-0.4, -0.2) is 57.3 Å². The number of carbonyl (C=O) groups is 3. The molecule has 2 aliphatic carbocycles. The zero-order valence-electron chi connectivity index (χ0n) is 29.1. The largest absolute Gasteiger partial charge is 0.461 e. The lowest BCUT2D eigenvalue weighted by molar-refractivity contribution is -0.152. The van der Waals surface area contributed by atoms with E-state index in [-0.39, 0.29) is 40.0 Å². The fourth-order valence-electron chi connectivity index (χ4n) is 6.82. The first kappa shape index (κ1) is 36.3. The molecular formula is C38H35FN6O8S. The highest BCUT2D eigenvalue weighted by Crippen LogP contribution is 2.27. The molecule has 54 heavy (non-hydrogen) atoms. The molecule has 1 saturated carbocycles. The number of aromatic nitrogens is 4. The van der Waals surface area contributed by atoms with Crippen LogP contribution in [0, 0.1) is 5.82 Å². The second-order valence-electron chi connectivity index (χ2n) is 13.4. The Balaban J connectivity index is 1.10. The summed E-state index contributed by atoms with van der Waals surface area (Å²) < 4.78 is 51.9. The molecule has 14 nitrogen and oxygen atoms in total. The molecule has 0 aliphatic heterocycles. The van der Waals surface area contributed by atoms with Crippen LogP contribution in [0.4, 0.5) is 10.1 Å². The minimum Gasteiger partial charge on any atom is -0.461 e. The first-order valence-corrected chi connectivity index (χ1v) is 18.9. The van der Waals surface area contributed by atoms with Gasteiger partial charge in [0.25, 0.3) is 21.5 Å². The lowest BCUT2D eigenvalue weighted by atomic mass is 9.97. The number of rotatable bonds is 10. The quantitative estimate of drug-likeness (QED) is 0.199. The zero-order chi connectivity index (χ0) is 38.1. The van der Waals surface area contributed by atoms with Gasteiger partial charge < -0.3 is 10.1 Å². The van der Waals surface area contributed by atoms with Crippen molar-refractivity contribution < 1.29 is 31.9 Å². The summed E-state index contributed by atoms with van der Waals surface area (Å²) in [4.78, 5) is 73.6. The summed E-state index contributed by atoms with van der Waals surface area (Å²) >= 11 is 0. The Labute approximate surface area is 308 Å². The average molecular weight is 755 g/mol. The van der Waals surface area contributed by atoms with Crippen molar-refractivity contribution in [2.75, 3.05) is 4.72 Å². The molecule has 0 spiro atoms. The molecule has 0 saturated heterocycles. The summed E-state index contributed by atoms with van der Waals surface area (Å²) in [6.07, 6.45) is 8.61. The maximum absolute atomic E-state index is 15.4. The molecule has 2 N–H and O–H groups in total. The topological polar surface area (TPSA) is 188 Å². The molecule has 3 heterocycles. The Morgan fingerprint density at radius 2 is 1.78 bits per heavy atom. The number of nitrogens with zero attached hydrogens (tertiary/aromatic N) is 4. The monoisotopic (exact) mass is 754 g/mol. The number of sulfonamides is 1. The van der Waals surface area contributed by atoms with Crippen LogP contribution < -0.4 is 21.3 Å². The van der Waals surface area contributed by atoms with Crippen molar-refractivity contribution in [1.29, 1.82) is 0 Å². The van der Waals surface area contributed by atoms with Crippen molar-refractivity contribution in [2.24, 2.45) is 7.05 Å². The van der Waals surface area contributed by atoms with Crippen LogP contribution >= 0.6 is 0 Å². The van der Waals surface area contributed by atoms with E-state index in [9.17, 15) is 32.4 Å². The van der Waals surface area contributed by atoms with Crippen molar-refractivity contribution >= 4 is 44.3 Å². The van der Waals surface area contributed by atoms with Crippen LogP contribution in [0.25, 0.3) is 16.6 Å². The summed E-state index contributed by atoms with van der Waals surface area (Å²) in [6, 6.07) is 10.6. The van der Waals surface area contributed by atoms with E-state index in [1.54, 1.807) is 6.07 Å². The number of carbonyl (C=O) groups excluding carboxylic acids is 3. The first-order valence-electron chi connectivity index (χ1n) is 17.4. The van der Waals surface area contributed by atoms with Gasteiger partial charge in [-0.3, -0.25) is 33.6 Å². The van der Waals surface area contributed by atoms with Crippen molar-refractivity contribution in [3.05, 3.63) is 122 Å². The second-order valence-corrected chi connectivity index (χ2v) is 15.0. The van der Waals surface area contributed by atoms with Crippen LogP contribution in [0.5, 0.6) is 0 Å². The Hall–Kier alpha value is -6.03. The van der Waals surface area contributed by atoms with Crippen molar-refractivity contribution in [2.45, 2.75) is 68.4 Å². The summed E-state index contributed by atoms with van der Waals surface area (Å²) in [7, 11) is -2.69. The number of esters is 1. The van der Waals surface area contributed by atoms with E-state index in [0.717, 1.165) is 41.5 Å². The van der Waals surface area contributed by atoms with E-state index < -0.39 is 50.6 Å². The lowest BCUT2D eigenvalue weighted by Gasteiger charge is -2.25. The zero-order valence-corrected chi connectivity index (χ0v) is 29.9. The summed E-state index contributed by atoms with van der Waals surface area (Å²) in [5, 5.41) is 2.82. The Kier molecular flexibility index (Phi) is 9.94. The van der Waals surface area contributed by atoms with E-state index in [1.165, 1.54) is 66.6 Å². The van der Waals surface area contributed by atoms with Gasteiger partial charge in [-0.1, -0.05) is 12.5 Å². The minimum absolute atomic E-state index is 0.153. The summed E-state index contributed by atoms with van der Waals surface area (Å²) in [5.74, 6) is -2.91. The van der Waals surface area contributed by atoms with Crippen molar-refractivity contribution in [3.63, 3.8) is 0 Å². The van der Waals surface area contributed by atoms with Crippen LogP contribution in [0.2, 0.25) is 0 Å². The predicted octanol–water partition coefficient (Wildman–Crippen LogP) is 3.77. The fourth-order valence-corrected chi connectivity index (χ4v) is 7.90. The molecule has 1 amide bonds. The number of hydrogen-bond acceptors (Lipinski definition) is 10. The van der Waals surface area contributed by atoms with E-state index in [2.05, 4.69) is 20.0 Å². The maximum atomic E-state index is 15.4. The molecular weight excluding hydrogens is 720 g/mol. The number of hydrogen-bond donors (Lipinski definition) is 2. The summed E-state index contributed by atoms with van der Waals surface area (Å²) in [6.45, 7) is 0. The molecule has 1 atom stereocenters. The number of pyridine rings is 2. The molecule has 0 radical (unpaired) electrons. The number of ketones is 1. The van der Waals surface area contributed by atoms with Gasteiger partial charge in [-0.2, -0.15) is 0 Å². The Morgan fingerprint density at radius 3 is 2.52 bits per heavy atom.